The highest BCUT2D eigenvalue weighted by Gasteiger charge is 2.52. The van der Waals surface area contributed by atoms with E-state index in [2.05, 4.69) is 12.1 Å². The fourth-order valence-electron chi connectivity index (χ4n) is 4.81. The van der Waals surface area contributed by atoms with E-state index >= 15 is 0 Å². The predicted octanol–water partition coefficient (Wildman–Crippen LogP) is 5.04. The monoisotopic (exact) mass is 410 g/mol. The average Bonchev–Trinajstić information content (AvgIpc) is 2.73. The first-order valence-corrected chi connectivity index (χ1v) is 10.8. The van der Waals surface area contributed by atoms with Crippen LogP contribution >= 0.6 is 0 Å². The van der Waals surface area contributed by atoms with E-state index in [4.69, 9.17) is 14.2 Å². The van der Waals surface area contributed by atoms with Gasteiger partial charge in [-0.1, -0.05) is 30.3 Å². The van der Waals surface area contributed by atoms with Crippen molar-refractivity contribution in [1.82, 2.24) is 0 Å². The van der Waals surface area contributed by atoms with Crippen LogP contribution in [-0.2, 0) is 16.0 Å². The maximum Gasteiger partial charge on any atom is 0.309 e. The number of carboxylic acids is 1. The van der Waals surface area contributed by atoms with Gasteiger partial charge in [-0.3, -0.25) is 4.79 Å². The predicted molar refractivity (Wildman–Crippen MR) is 114 cm³/mol. The van der Waals surface area contributed by atoms with Crippen LogP contribution in [0.2, 0.25) is 0 Å². The lowest BCUT2D eigenvalue weighted by Crippen LogP contribution is -2.52. The molecule has 0 bridgehead atoms. The van der Waals surface area contributed by atoms with Crippen molar-refractivity contribution in [2.45, 2.75) is 57.8 Å². The van der Waals surface area contributed by atoms with Crippen LogP contribution in [0, 0.1) is 11.8 Å². The number of aliphatic carboxylic acids is 1. The Morgan fingerprint density at radius 2 is 1.97 bits per heavy atom. The zero-order valence-corrected chi connectivity index (χ0v) is 17.8. The molecule has 1 N–H and O–H groups in total. The number of carboxylic acid groups (broad SMARTS) is 1. The minimum atomic E-state index is -0.795. The van der Waals surface area contributed by atoms with E-state index in [1.54, 1.807) is 0 Å². The molecule has 4 atom stereocenters. The summed E-state index contributed by atoms with van der Waals surface area (Å²) in [4.78, 5) is 12.1. The van der Waals surface area contributed by atoms with Crippen LogP contribution in [-0.4, -0.2) is 29.4 Å². The summed E-state index contributed by atoms with van der Waals surface area (Å²) in [6.45, 7) is 6.59. The second-order valence-electron chi connectivity index (χ2n) is 8.74. The minimum absolute atomic E-state index is 0.0454. The van der Waals surface area contributed by atoms with E-state index in [1.807, 2.05) is 57.2 Å². The fraction of sp³-hybridized carbons (Fsp3) is 0.480. The molecule has 30 heavy (non-hydrogen) atoms. The van der Waals surface area contributed by atoms with Crippen LogP contribution in [0.3, 0.4) is 0 Å². The highest BCUT2D eigenvalue weighted by atomic mass is 16.5. The van der Waals surface area contributed by atoms with Crippen LogP contribution in [0.15, 0.2) is 48.5 Å². The number of benzene rings is 2. The van der Waals surface area contributed by atoms with Gasteiger partial charge < -0.3 is 19.3 Å². The van der Waals surface area contributed by atoms with Gasteiger partial charge in [-0.05, 0) is 63.8 Å². The zero-order chi connectivity index (χ0) is 21.3. The van der Waals surface area contributed by atoms with Crippen LogP contribution in [0.4, 0.5) is 0 Å². The number of aryl methyl sites for hydroxylation is 1. The fourth-order valence-corrected chi connectivity index (χ4v) is 4.81. The third-order valence-electron chi connectivity index (χ3n) is 6.39. The van der Waals surface area contributed by atoms with E-state index in [9.17, 15) is 9.90 Å². The molecule has 0 unspecified atom stereocenters. The molecule has 0 aliphatic carbocycles. The quantitative estimate of drug-likeness (QED) is 0.723. The smallest absolute Gasteiger partial charge is 0.309 e. The third-order valence-corrected chi connectivity index (χ3v) is 6.39. The Balaban J connectivity index is 1.63. The molecule has 2 aromatic rings. The molecule has 2 heterocycles. The van der Waals surface area contributed by atoms with Crippen LogP contribution in [0.5, 0.6) is 11.5 Å². The first kappa shape index (κ1) is 20.7. The van der Waals surface area contributed by atoms with Gasteiger partial charge in [0.25, 0.3) is 0 Å². The molecule has 5 nitrogen and oxygen atoms in total. The topological polar surface area (TPSA) is 65.0 Å². The Labute approximate surface area is 178 Å². The van der Waals surface area contributed by atoms with Gasteiger partial charge in [0.15, 0.2) is 0 Å². The summed E-state index contributed by atoms with van der Waals surface area (Å²) in [5.74, 6) is 0.185. The number of ether oxygens (including phenoxy) is 3. The molecule has 2 aliphatic rings. The molecule has 0 spiro atoms. The number of hydrogen-bond donors (Lipinski definition) is 1. The van der Waals surface area contributed by atoms with Crippen LogP contribution < -0.4 is 9.47 Å². The first-order valence-electron chi connectivity index (χ1n) is 10.8. The van der Waals surface area contributed by atoms with Crippen LogP contribution in [0.25, 0.3) is 0 Å². The number of rotatable bonds is 6. The van der Waals surface area contributed by atoms with E-state index in [1.165, 1.54) is 5.56 Å². The molecule has 160 valence electrons. The normalized spacial score (nSPS) is 26.8. The van der Waals surface area contributed by atoms with E-state index in [0.717, 1.165) is 23.5 Å². The van der Waals surface area contributed by atoms with Crippen molar-refractivity contribution in [2.24, 2.45) is 11.8 Å². The minimum Gasteiger partial charge on any atom is -0.494 e. The van der Waals surface area contributed by atoms with Gasteiger partial charge in [0.05, 0.1) is 24.7 Å². The Morgan fingerprint density at radius 3 is 2.67 bits per heavy atom. The zero-order valence-electron chi connectivity index (χ0n) is 17.8. The van der Waals surface area contributed by atoms with Gasteiger partial charge in [-0.2, -0.15) is 0 Å². The third kappa shape index (κ3) is 4.04. The van der Waals surface area contributed by atoms with E-state index in [0.29, 0.717) is 19.4 Å². The lowest BCUT2D eigenvalue weighted by molar-refractivity contribution is -0.188. The highest BCUT2D eigenvalue weighted by Crippen LogP contribution is 2.53. The number of carbonyl (C=O) groups is 1. The average molecular weight is 411 g/mol. The Bertz CT molecular complexity index is 892. The van der Waals surface area contributed by atoms with Gasteiger partial charge in [0, 0.05) is 11.5 Å². The van der Waals surface area contributed by atoms with E-state index < -0.39 is 17.5 Å². The van der Waals surface area contributed by atoms with Crippen molar-refractivity contribution in [3.05, 3.63) is 59.7 Å². The second-order valence-corrected chi connectivity index (χ2v) is 8.74. The van der Waals surface area contributed by atoms with Crippen molar-refractivity contribution in [3.8, 4) is 11.5 Å². The number of hydrogen-bond acceptors (Lipinski definition) is 4. The summed E-state index contributed by atoms with van der Waals surface area (Å²) in [6, 6.07) is 16.0. The molecule has 0 amide bonds. The highest BCUT2D eigenvalue weighted by molar-refractivity contribution is 5.71. The molecule has 0 aromatic heterocycles. The standard InChI is InChI=1S/C25H30O5/c1-4-28-17-11-13-22-18(14-17)23-20(25(2,3)30-22)15-19(24(26)27)21(29-23)12-10-16-8-6-5-7-9-16/h5-9,11,13-14,19-21,23H,4,10,12,15H2,1-3H3,(H,26,27)/t19-,20+,21+,23-/m1/s1. The molecule has 0 saturated carbocycles. The molecule has 1 saturated heterocycles. The molecule has 0 radical (unpaired) electrons. The molecular formula is C25H30O5. The summed E-state index contributed by atoms with van der Waals surface area (Å²) >= 11 is 0. The van der Waals surface area contributed by atoms with Crippen molar-refractivity contribution >= 4 is 5.97 Å². The van der Waals surface area contributed by atoms with Crippen molar-refractivity contribution < 1.29 is 24.1 Å². The molecular weight excluding hydrogens is 380 g/mol. The van der Waals surface area contributed by atoms with Crippen molar-refractivity contribution in [1.29, 1.82) is 0 Å². The Morgan fingerprint density at radius 1 is 1.20 bits per heavy atom. The van der Waals surface area contributed by atoms with Crippen molar-refractivity contribution in [3.63, 3.8) is 0 Å². The van der Waals surface area contributed by atoms with Gasteiger partial charge in [0.1, 0.15) is 17.1 Å². The SMILES string of the molecule is CCOc1ccc2c(c1)[C@H]1O[C@@H](CCc3ccccc3)[C@H](C(=O)O)C[C@@H]1C(C)(C)O2. The van der Waals surface area contributed by atoms with Gasteiger partial charge >= 0.3 is 5.97 Å². The van der Waals surface area contributed by atoms with Gasteiger partial charge in [-0.25, -0.2) is 0 Å². The van der Waals surface area contributed by atoms with Gasteiger partial charge in [-0.15, -0.1) is 0 Å². The largest absolute Gasteiger partial charge is 0.494 e. The maximum absolute atomic E-state index is 12.1. The van der Waals surface area contributed by atoms with Crippen LogP contribution in [0.1, 0.15) is 50.8 Å². The molecule has 5 heteroatoms. The van der Waals surface area contributed by atoms with Crippen molar-refractivity contribution in [2.75, 3.05) is 6.61 Å². The summed E-state index contributed by atoms with van der Waals surface area (Å²) < 4.78 is 18.5. The summed E-state index contributed by atoms with van der Waals surface area (Å²) in [5, 5.41) is 9.93. The molecule has 1 fully saturated rings. The first-order chi connectivity index (χ1) is 14.4. The Hall–Kier alpha value is -2.53. The summed E-state index contributed by atoms with van der Waals surface area (Å²) in [7, 11) is 0. The maximum atomic E-state index is 12.1. The second kappa shape index (κ2) is 8.31. The lowest BCUT2D eigenvalue weighted by Gasteiger charge is -2.50. The molecule has 2 aliphatic heterocycles. The molecule has 2 aromatic carbocycles. The Kier molecular flexibility index (Phi) is 5.74. The molecule has 4 rings (SSSR count). The summed E-state index contributed by atoms with van der Waals surface area (Å²) in [5.41, 5.74) is 1.64. The van der Waals surface area contributed by atoms with Gasteiger partial charge in [0.2, 0.25) is 0 Å². The summed E-state index contributed by atoms with van der Waals surface area (Å²) in [6.07, 6.45) is 1.44. The lowest BCUT2D eigenvalue weighted by atomic mass is 9.71. The number of fused-ring (bicyclic) bond motifs is 3. The van der Waals surface area contributed by atoms with E-state index in [-0.39, 0.29) is 18.1 Å².